The van der Waals surface area contributed by atoms with Crippen LogP contribution in [0.25, 0.3) is 5.57 Å². The summed E-state index contributed by atoms with van der Waals surface area (Å²) in [7, 11) is -1.80. The largest absolute Gasteiger partial charge is 0.549 e. The van der Waals surface area contributed by atoms with Crippen LogP contribution in [0.4, 0.5) is 0 Å². The van der Waals surface area contributed by atoms with E-state index in [2.05, 4.69) is 6.58 Å². The van der Waals surface area contributed by atoms with Gasteiger partial charge in [0.2, 0.25) is 5.30 Å². The number of allylic oxidation sites excluding steroid dienone is 4. The molecule has 0 aromatic heterocycles. The number of hydrogen-bond acceptors (Lipinski definition) is 2. The molecule has 1 aromatic carbocycles. The predicted molar refractivity (Wildman–Crippen MR) is 66.9 cm³/mol. The first-order chi connectivity index (χ1) is 7.79. The molecule has 0 fully saturated rings. The molecule has 0 radical (unpaired) electrons. The lowest BCUT2D eigenvalue weighted by atomic mass is 10.1. The Labute approximate surface area is 95.8 Å². The van der Waals surface area contributed by atoms with Crippen LogP contribution < -0.4 is 5.30 Å². The lowest BCUT2D eigenvalue weighted by Crippen LogP contribution is -2.05. The van der Waals surface area contributed by atoms with E-state index in [-0.39, 0.29) is 0 Å². The first-order valence-electron chi connectivity index (χ1n) is 5.01. The first kappa shape index (κ1) is 11.0. The van der Waals surface area contributed by atoms with Crippen molar-refractivity contribution in [1.82, 2.24) is 0 Å². The average Bonchev–Trinajstić information content (AvgIpc) is 2.32. The van der Waals surface area contributed by atoms with Crippen LogP contribution in [0.2, 0.25) is 0 Å². The van der Waals surface area contributed by atoms with Gasteiger partial charge in [0.05, 0.1) is 0 Å². The summed E-state index contributed by atoms with van der Waals surface area (Å²) in [6, 6.07) is 7.49. The fourth-order valence-corrected chi connectivity index (χ4v) is 2.46. The summed E-state index contributed by atoms with van der Waals surface area (Å²) in [5.74, 6) is 0. The van der Waals surface area contributed by atoms with Crippen LogP contribution in [0, 0.1) is 0 Å². The molecule has 1 aliphatic rings. The Morgan fingerprint density at radius 3 is 2.94 bits per heavy atom. The summed E-state index contributed by atoms with van der Waals surface area (Å²) in [4.78, 5) is 0. The van der Waals surface area contributed by atoms with Crippen LogP contribution in [0.3, 0.4) is 0 Å². The van der Waals surface area contributed by atoms with Crippen molar-refractivity contribution in [3.05, 3.63) is 60.7 Å². The Kier molecular flexibility index (Phi) is 3.45. The maximum atomic E-state index is 11.9. The van der Waals surface area contributed by atoms with Gasteiger partial charge in [0.25, 0.3) is 0 Å². The molecular formula is C13H12O2P+. The molecule has 0 aliphatic carbocycles. The van der Waals surface area contributed by atoms with E-state index in [1.54, 1.807) is 0 Å². The van der Waals surface area contributed by atoms with Crippen LogP contribution in [-0.2, 0) is 9.09 Å². The van der Waals surface area contributed by atoms with Gasteiger partial charge in [0.15, 0.2) is 0 Å². The van der Waals surface area contributed by atoms with Crippen LogP contribution >= 0.6 is 8.03 Å². The second-order valence-corrected chi connectivity index (χ2v) is 4.64. The van der Waals surface area contributed by atoms with Crippen molar-refractivity contribution in [3.8, 4) is 0 Å². The van der Waals surface area contributed by atoms with E-state index in [4.69, 9.17) is 4.52 Å². The minimum Gasteiger partial charge on any atom is -0.138 e. The highest BCUT2D eigenvalue weighted by molar-refractivity contribution is 7.48. The molecule has 0 bridgehead atoms. The second-order valence-electron chi connectivity index (χ2n) is 3.38. The van der Waals surface area contributed by atoms with E-state index in [1.807, 2.05) is 48.6 Å². The third-order valence-corrected chi connectivity index (χ3v) is 3.45. The predicted octanol–water partition coefficient (Wildman–Crippen LogP) is 3.21. The summed E-state index contributed by atoms with van der Waals surface area (Å²) in [6.07, 6.45) is 7.50. The molecule has 1 unspecified atom stereocenters. The van der Waals surface area contributed by atoms with E-state index in [0.717, 1.165) is 11.1 Å². The molecule has 3 heteroatoms. The molecule has 80 valence electrons. The summed E-state index contributed by atoms with van der Waals surface area (Å²) in [5, 5.41) is 0.711. The molecule has 1 aromatic rings. The Balaban J connectivity index is 2.50. The van der Waals surface area contributed by atoms with Crippen molar-refractivity contribution in [2.45, 2.75) is 0 Å². The fraction of sp³-hybridized carbons (Fsp3) is 0.0769. The number of fused-ring (bicyclic) bond motifs is 1. The molecule has 16 heavy (non-hydrogen) atoms. The lowest BCUT2D eigenvalue weighted by molar-refractivity contribution is 0.378. The van der Waals surface area contributed by atoms with Crippen molar-refractivity contribution >= 4 is 18.9 Å². The second kappa shape index (κ2) is 5.02. The van der Waals surface area contributed by atoms with Crippen LogP contribution in [0.5, 0.6) is 0 Å². The van der Waals surface area contributed by atoms with E-state index in [1.165, 1.54) is 0 Å². The third kappa shape index (κ3) is 2.35. The zero-order chi connectivity index (χ0) is 11.4. The number of benzene rings is 1. The van der Waals surface area contributed by atoms with Gasteiger partial charge in [-0.15, -0.1) is 4.52 Å². The van der Waals surface area contributed by atoms with E-state index in [0.29, 0.717) is 11.9 Å². The van der Waals surface area contributed by atoms with Crippen LogP contribution in [0.15, 0.2) is 55.1 Å². The maximum Gasteiger partial charge on any atom is 0.549 e. The topological polar surface area (TPSA) is 26.3 Å². The summed E-state index contributed by atoms with van der Waals surface area (Å²) < 4.78 is 17.1. The average molecular weight is 231 g/mol. The van der Waals surface area contributed by atoms with Crippen molar-refractivity contribution in [1.29, 1.82) is 0 Å². The Bertz CT molecular complexity index is 486. The highest BCUT2D eigenvalue weighted by atomic mass is 31.1. The van der Waals surface area contributed by atoms with Crippen LogP contribution in [-0.4, -0.2) is 6.61 Å². The van der Waals surface area contributed by atoms with Crippen molar-refractivity contribution in [2.75, 3.05) is 6.61 Å². The Morgan fingerprint density at radius 2 is 2.06 bits per heavy atom. The summed E-state index contributed by atoms with van der Waals surface area (Å²) in [5.41, 5.74) is 1.73. The standard InChI is InChI=1S/C13H12O2P/c1-11-7-3-2-6-10-15-16(14)13-9-5-4-8-12(11)13/h2-9H,1,10H2/q+1/b6-2-,7-3-. The highest BCUT2D eigenvalue weighted by Crippen LogP contribution is 2.27. The monoisotopic (exact) mass is 231 g/mol. The maximum absolute atomic E-state index is 11.9. The van der Waals surface area contributed by atoms with Gasteiger partial charge < -0.3 is 0 Å². The van der Waals surface area contributed by atoms with Gasteiger partial charge in [0, 0.05) is 5.56 Å². The summed E-state index contributed by atoms with van der Waals surface area (Å²) >= 11 is 0. The van der Waals surface area contributed by atoms with Crippen LogP contribution in [0.1, 0.15) is 5.56 Å². The van der Waals surface area contributed by atoms with E-state index >= 15 is 0 Å². The van der Waals surface area contributed by atoms with Gasteiger partial charge in [-0.1, -0.05) is 43.0 Å². The van der Waals surface area contributed by atoms with E-state index in [9.17, 15) is 4.57 Å². The zero-order valence-corrected chi connectivity index (χ0v) is 9.69. The zero-order valence-electron chi connectivity index (χ0n) is 8.80. The minimum atomic E-state index is -1.80. The normalized spacial score (nSPS) is 22.2. The van der Waals surface area contributed by atoms with Crippen molar-refractivity contribution in [3.63, 3.8) is 0 Å². The number of rotatable bonds is 0. The number of hydrogen-bond donors (Lipinski definition) is 0. The van der Waals surface area contributed by atoms with Gasteiger partial charge in [-0.25, -0.2) is 0 Å². The minimum absolute atomic E-state index is 0.361. The molecule has 0 N–H and O–H groups in total. The molecule has 0 saturated carbocycles. The van der Waals surface area contributed by atoms with Gasteiger partial charge in [0.1, 0.15) is 6.61 Å². The molecule has 2 rings (SSSR count). The molecule has 2 nitrogen and oxygen atoms in total. The van der Waals surface area contributed by atoms with Gasteiger partial charge in [-0.3, -0.25) is 0 Å². The molecule has 1 atom stereocenters. The smallest absolute Gasteiger partial charge is 0.138 e. The van der Waals surface area contributed by atoms with Gasteiger partial charge >= 0.3 is 8.03 Å². The third-order valence-electron chi connectivity index (χ3n) is 2.28. The highest BCUT2D eigenvalue weighted by Gasteiger charge is 2.26. The molecule has 1 aliphatic heterocycles. The fourth-order valence-electron chi connectivity index (χ4n) is 1.48. The Morgan fingerprint density at radius 1 is 1.25 bits per heavy atom. The van der Waals surface area contributed by atoms with E-state index < -0.39 is 8.03 Å². The molecule has 1 heterocycles. The molecule has 0 spiro atoms. The first-order valence-corrected chi connectivity index (χ1v) is 6.18. The molecular weight excluding hydrogens is 219 g/mol. The van der Waals surface area contributed by atoms with Gasteiger partial charge in [-0.05, 0) is 22.3 Å². The quantitative estimate of drug-likeness (QED) is 0.641. The van der Waals surface area contributed by atoms with Crippen molar-refractivity contribution < 1.29 is 9.09 Å². The SMILES string of the molecule is C=C1/C=C\C=C/CO[P+](=O)c2ccccc21. The molecule has 0 saturated heterocycles. The van der Waals surface area contributed by atoms with Crippen molar-refractivity contribution in [2.24, 2.45) is 0 Å². The van der Waals surface area contributed by atoms with Gasteiger partial charge in [-0.2, -0.15) is 0 Å². The summed E-state index contributed by atoms with van der Waals surface area (Å²) in [6.45, 7) is 4.32. The Hall–Kier alpha value is -1.50. The molecule has 0 amide bonds. The lowest BCUT2D eigenvalue weighted by Gasteiger charge is -2.01.